The molecule has 2 heteroatoms. The molecular formula is C16H18O2. The van der Waals surface area contributed by atoms with E-state index in [0.29, 0.717) is 11.5 Å². The van der Waals surface area contributed by atoms with Crippen molar-refractivity contribution in [1.29, 1.82) is 0 Å². The number of benzene rings is 1. The number of hydrogen-bond donors (Lipinski definition) is 0. The van der Waals surface area contributed by atoms with Crippen LogP contribution >= 0.6 is 0 Å². The first-order chi connectivity index (χ1) is 8.74. The number of hydrogen-bond acceptors (Lipinski definition) is 2. The quantitative estimate of drug-likeness (QED) is 0.703. The molecule has 18 heavy (non-hydrogen) atoms. The highest BCUT2D eigenvalue weighted by molar-refractivity contribution is 5.77. The zero-order valence-electron chi connectivity index (χ0n) is 10.7. The molecule has 0 aliphatic heterocycles. The summed E-state index contributed by atoms with van der Waals surface area (Å²) in [5.41, 5.74) is 2.64. The zero-order valence-corrected chi connectivity index (χ0v) is 10.7. The minimum atomic E-state index is -0.141. The lowest BCUT2D eigenvalue weighted by Crippen LogP contribution is -2.14. The standard InChI is InChI=1S/C16H18O2/c1-11-7-8-15-13(9-11)10-14(16(17)18-15)12-5-3-2-4-6-12/h7-10,12H,2-6H2,1H3. The molecule has 1 aromatic carbocycles. The zero-order chi connectivity index (χ0) is 12.5. The molecule has 1 saturated carbocycles. The van der Waals surface area contributed by atoms with Gasteiger partial charge in [-0.2, -0.15) is 0 Å². The molecule has 1 aliphatic rings. The molecule has 1 fully saturated rings. The molecule has 2 aromatic rings. The smallest absolute Gasteiger partial charge is 0.339 e. The first-order valence-corrected chi connectivity index (χ1v) is 6.78. The van der Waals surface area contributed by atoms with Gasteiger partial charge in [0.05, 0.1) is 0 Å². The monoisotopic (exact) mass is 242 g/mol. The minimum absolute atomic E-state index is 0.141. The summed E-state index contributed by atoms with van der Waals surface area (Å²) in [6, 6.07) is 8.00. The Morgan fingerprint density at radius 2 is 1.89 bits per heavy atom. The Morgan fingerprint density at radius 3 is 2.67 bits per heavy atom. The summed E-state index contributed by atoms with van der Waals surface area (Å²) >= 11 is 0. The average molecular weight is 242 g/mol. The van der Waals surface area contributed by atoms with Crippen molar-refractivity contribution in [3.63, 3.8) is 0 Å². The van der Waals surface area contributed by atoms with Crippen LogP contribution in [0.2, 0.25) is 0 Å². The van der Waals surface area contributed by atoms with Crippen LogP contribution in [0, 0.1) is 6.92 Å². The molecule has 0 N–H and O–H groups in total. The van der Waals surface area contributed by atoms with E-state index < -0.39 is 0 Å². The molecule has 94 valence electrons. The molecule has 0 unspecified atom stereocenters. The van der Waals surface area contributed by atoms with Gasteiger partial charge in [-0.25, -0.2) is 4.79 Å². The Kier molecular flexibility index (Phi) is 2.94. The van der Waals surface area contributed by atoms with Crippen LogP contribution in [0.4, 0.5) is 0 Å². The van der Waals surface area contributed by atoms with Gasteiger partial charge in [-0.15, -0.1) is 0 Å². The Morgan fingerprint density at radius 1 is 1.11 bits per heavy atom. The molecule has 0 saturated heterocycles. The second-order valence-electron chi connectivity index (χ2n) is 5.37. The van der Waals surface area contributed by atoms with Gasteiger partial charge in [0.25, 0.3) is 0 Å². The Hall–Kier alpha value is -1.57. The van der Waals surface area contributed by atoms with Gasteiger partial charge in [0.15, 0.2) is 0 Å². The second kappa shape index (κ2) is 4.60. The molecule has 0 radical (unpaired) electrons. The maximum atomic E-state index is 12.1. The second-order valence-corrected chi connectivity index (χ2v) is 5.37. The van der Waals surface area contributed by atoms with Crippen LogP contribution in [0.5, 0.6) is 0 Å². The van der Waals surface area contributed by atoms with Crippen molar-refractivity contribution in [2.75, 3.05) is 0 Å². The highest BCUT2D eigenvalue weighted by Gasteiger charge is 2.19. The molecular weight excluding hydrogens is 224 g/mol. The molecule has 0 spiro atoms. The first-order valence-electron chi connectivity index (χ1n) is 6.78. The van der Waals surface area contributed by atoms with Gasteiger partial charge in [0, 0.05) is 10.9 Å². The lowest BCUT2D eigenvalue weighted by molar-refractivity contribution is 0.428. The molecule has 1 aliphatic carbocycles. The number of aryl methyl sites for hydroxylation is 1. The summed E-state index contributed by atoms with van der Waals surface area (Å²) < 4.78 is 5.45. The minimum Gasteiger partial charge on any atom is -0.423 e. The van der Waals surface area contributed by atoms with E-state index in [4.69, 9.17) is 4.42 Å². The first kappa shape index (κ1) is 11.5. The van der Waals surface area contributed by atoms with Gasteiger partial charge in [-0.1, -0.05) is 30.9 Å². The van der Waals surface area contributed by atoms with Crippen LogP contribution in [0.3, 0.4) is 0 Å². The van der Waals surface area contributed by atoms with Crippen molar-refractivity contribution in [2.24, 2.45) is 0 Å². The Labute approximate surface area is 107 Å². The van der Waals surface area contributed by atoms with E-state index in [-0.39, 0.29) is 5.63 Å². The van der Waals surface area contributed by atoms with E-state index in [1.807, 2.05) is 18.2 Å². The summed E-state index contributed by atoms with van der Waals surface area (Å²) in [5.74, 6) is 0.403. The Bertz CT molecular complexity index is 619. The number of rotatable bonds is 1. The largest absolute Gasteiger partial charge is 0.423 e. The summed E-state index contributed by atoms with van der Waals surface area (Å²) in [4.78, 5) is 12.1. The fourth-order valence-electron chi connectivity index (χ4n) is 2.96. The van der Waals surface area contributed by atoms with E-state index >= 15 is 0 Å². The summed E-state index contributed by atoms with van der Waals surface area (Å²) in [5, 5.41) is 1.05. The lowest BCUT2D eigenvalue weighted by Gasteiger charge is -2.20. The highest BCUT2D eigenvalue weighted by Crippen LogP contribution is 2.32. The topological polar surface area (TPSA) is 30.2 Å². The molecule has 0 amide bonds. The van der Waals surface area contributed by atoms with Gasteiger partial charge in [-0.3, -0.25) is 0 Å². The number of fused-ring (bicyclic) bond motifs is 1. The SMILES string of the molecule is Cc1ccc2oc(=O)c(C3CCCCC3)cc2c1. The van der Waals surface area contributed by atoms with Gasteiger partial charge in [0.1, 0.15) is 5.58 Å². The fraction of sp³-hybridized carbons (Fsp3) is 0.438. The van der Waals surface area contributed by atoms with Gasteiger partial charge in [-0.05, 0) is 43.9 Å². The van der Waals surface area contributed by atoms with E-state index in [1.165, 1.54) is 24.8 Å². The summed E-state index contributed by atoms with van der Waals surface area (Å²) in [6.07, 6.45) is 6.02. The van der Waals surface area contributed by atoms with Crippen LogP contribution in [0.25, 0.3) is 11.0 Å². The molecule has 0 atom stereocenters. The van der Waals surface area contributed by atoms with Crippen LogP contribution in [-0.4, -0.2) is 0 Å². The molecule has 1 heterocycles. The maximum absolute atomic E-state index is 12.1. The van der Waals surface area contributed by atoms with Gasteiger partial charge in [0.2, 0.25) is 0 Å². The van der Waals surface area contributed by atoms with Crippen LogP contribution in [-0.2, 0) is 0 Å². The summed E-state index contributed by atoms with van der Waals surface area (Å²) in [7, 11) is 0. The van der Waals surface area contributed by atoms with Crippen molar-refractivity contribution >= 4 is 11.0 Å². The molecule has 2 nitrogen and oxygen atoms in total. The molecule has 0 bridgehead atoms. The van der Waals surface area contributed by atoms with Crippen LogP contribution < -0.4 is 5.63 Å². The van der Waals surface area contributed by atoms with Crippen molar-refractivity contribution in [1.82, 2.24) is 0 Å². The van der Waals surface area contributed by atoms with Crippen LogP contribution in [0.15, 0.2) is 33.5 Å². The highest BCUT2D eigenvalue weighted by atomic mass is 16.4. The normalized spacial score (nSPS) is 17.2. The third-order valence-corrected chi connectivity index (χ3v) is 3.96. The molecule has 3 rings (SSSR count). The third-order valence-electron chi connectivity index (χ3n) is 3.96. The van der Waals surface area contributed by atoms with Crippen LogP contribution in [0.1, 0.15) is 49.1 Å². The van der Waals surface area contributed by atoms with E-state index in [2.05, 4.69) is 13.0 Å². The molecule has 1 aromatic heterocycles. The van der Waals surface area contributed by atoms with E-state index in [1.54, 1.807) is 0 Å². The van der Waals surface area contributed by atoms with E-state index in [0.717, 1.165) is 23.8 Å². The lowest BCUT2D eigenvalue weighted by atomic mass is 9.84. The van der Waals surface area contributed by atoms with Crippen molar-refractivity contribution in [2.45, 2.75) is 44.9 Å². The summed E-state index contributed by atoms with van der Waals surface area (Å²) in [6.45, 7) is 2.06. The van der Waals surface area contributed by atoms with E-state index in [9.17, 15) is 4.79 Å². The van der Waals surface area contributed by atoms with Crippen molar-refractivity contribution in [3.05, 3.63) is 45.8 Å². The predicted octanol–water partition coefficient (Wildman–Crippen LogP) is 4.15. The predicted molar refractivity (Wildman–Crippen MR) is 73.0 cm³/mol. The third kappa shape index (κ3) is 2.07. The maximum Gasteiger partial charge on any atom is 0.339 e. The Balaban J connectivity index is 2.10. The average Bonchev–Trinajstić information content (AvgIpc) is 2.39. The van der Waals surface area contributed by atoms with Gasteiger partial charge >= 0.3 is 5.63 Å². The van der Waals surface area contributed by atoms with Crippen molar-refractivity contribution < 1.29 is 4.42 Å². The fourth-order valence-corrected chi connectivity index (χ4v) is 2.96. The van der Waals surface area contributed by atoms with Crippen molar-refractivity contribution in [3.8, 4) is 0 Å². The van der Waals surface area contributed by atoms with Gasteiger partial charge < -0.3 is 4.42 Å².